The number of carbonyl (C=O) groups excluding carboxylic acids is 1. The lowest BCUT2D eigenvalue weighted by Gasteiger charge is -2.25. The largest absolute Gasteiger partial charge is 0.334 e. The lowest BCUT2D eigenvalue weighted by molar-refractivity contribution is 0.0747. The van der Waals surface area contributed by atoms with Crippen molar-refractivity contribution >= 4 is 27.3 Å². The van der Waals surface area contributed by atoms with Crippen molar-refractivity contribution in [1.82, 2.24) is 4.90 Å². The van der Waals surface area contributed by atoms with Gasteiger partial charge in [-0.05, 0) is 48.6 Å². The van der Waals surface area contributed by atoms with Crippen LogP contribution in [0.15, 0.2) is 40.6 Å². The van der Waals surface area contributed by atoms with Crippen LogP contribution in [0.4, 0.5) is 0 Å². The second kappa shape index (κ2) is 6.20. The van der Waals surface area contributed by atoms with E-state index < -0.39 is 10.0 Å². The zero-order valence-electron chi connectivity index (χ0n) is 12.6. The minimum atomic E-state index is -3.70. The van der Waals surface area contributed by atoms with E-state index in [-0.39, 0.29) is 16.8 Å². The Morgan fingerprint density at radius 2 is 1.82 bits per heavy atom. The van der Waals surface area contributed by atoms with Crippen LogP contribution in [0.5, 0.6) is 0 Å². The first-order chi connectivity index (χ1) is 10.2. The number of thiophene rings is 1. The van der Waals surface area contributed by atoms with Gasteiger partial charge in [0.05, 0.1) is 15.8 Å². The molecule has 22 heavy (non-hydrogen) atoms. The summed E-state index contributed by atoms with van der Waals surface area (Å²) in [6.45, 7) is 3.80. The van der Waals surface area contributed by atoms with Gasteiger partial charge in [0.15, 0.2) is 0 Å². The number of hydrogen-bond donors (Lipinski definition) is 1. The summed E-state index contributed by atoms with van der Waals surface area (Å²) in [5.41, 5.74) is 1.80. The van der Waals surface area contributed by atoms with Gasteiger partial charge in [0, 0.05) is 7.05 Å². The van der Waals surface area contributed by atoms with Crippen molar-refractivity contribution in [2.24, 2.45) is 5.14 Å². The molecule has 118 valence electrons. The molecular weight excluding hydrogens is 320 g/mol. The molecule has 0 bridgehead atoms. The van der Waals surface area contributed by atoms with E-state index >= 15 is 0 Å². The molecule has 0 radical (unpaired) electrons. The number of aryl methyl sites for hydroxylation is 1. The highest BCUT2D eigenvalue weighted by Gasteiger charge is 2.21. The normalized spacial score (nSPS) is 12.9. The average Bonchev–Trinajstić information content (AvgIpc) is 2.90. The van der Waals surface area contributed by atoms with E-state index in [4.69, 9.17) is 5.14 Å². The van der Waals surface area contributed by atoms with Gasteiger partial charge in [-0.3, -0.25) is 4.79 Å². The molecule has 0 aliphatic heterocycles. The molecule has 2 N–H and O–H groups in total. The molecule has 0 saturated heterocycles. The average molecular weight is 338 g/mol. The molecule has 0 aliphatic rings. The van der Waals surface area contributed by atoms with Crippen LogP contribution < -0.4 is 5.14 Å². The fourth-order valence-electron chi connectivity index (χ4n) is 2.09. The Bertz CT molecular complexity index is 779. The highest BCUT2D eigenvalue weighted by molar-refractivity contribution is 7.89. The van der Waals surface area contributed by atoms with Crippen molar-refractivity contribution < 1.29 is 13.2 Å². The molecule has 5 nitrogen and oxygen atoms in total. The molecular formula is C15H18N2O3S2. The van der Waals surface area contributed by atoms with Crippen LogP contribution in [0, 0.1) is 6.92 Å². The Hall–Kier alpha value is -1.70. The summed E-state index contributed by atoms with van der Waals surface area (Å²) in [5.74, 6) is -0.0458. The Labute approximate surface area is 134 Å². The van der Waals surface area contributed by atoms with Gasteiger partial charge in [0.2, 0.25) is 10.0 Å². The van der Waals surface area contributed by atoms with Gasteiger partial charge in [-0.1, -0.05) is 12.1 Å². The van der Waals surface area contributed by atoms with Crippen LogP contribution in [-0.2, 0) is 10.0 Å². The Morgan fingerprint density at radius 3 is 2.27 bits per heavy atom. The molecule has 1 aromatic carbocycles. The van der Waals surface area contributed by atoms with Gasteiger partial charge in [-0.2, -0.15) is 0 Å². The number of sulfonamides is 1. The third-order valence-corrected chi connectivity index (χ3v) is 5.58. The van der Waals surface area contributed by atoms with Crippen molar-refractivity contribution in [3.8, 4) is 0 Å². The number of nitrogens with zero attached hydrogens (tertiary/aromatic N) is 1. The van der Waals surface area contributed by atoms with E-state index in [0.29, 0.717) is 0 Å². The van der Waals surface area contributed by atoms with Gasteiger partial charge in [0.1, 0.15) is 0 Å². The molecule has 2 rings (SSSR count). The van der Waals surface area contributed by atoms with E-state index in [9.17, 15) is 13.2 Å². The number of amides is 1. The summed E-state index contributed by atoms with van der Waals surface area (Å²) in [5, 5.41) is 6.97. The van der Waals surface area contributed by atoms with Crippen molar-refractivity contribution in [2.75, 3.05) is 7.05 Å². The summed E-state index contributed by atoms with van der Waals surface area (Å²) >= 11 is 1.42. The summed E-state index contributed by atoms with van der Waals surface area (Å²) in [6, 6.07) is 8.00. The van der Waals surface area contributed by atoms with E-state index in [1.165, 1.54) is 23.5 Å². The highest BCUT2D eigenvalue weighted by atomic mass is 32.2. The molecule has 0 aliphatic carbocycles. The number of hydrogen-bond acceptors (Lipinski definition) is 4. The number of rotatable bonds is 4. The maximum atomic E-state index is 12.5. The minimum Gasteiger partial charge on any atom is -0.334 e. The molecule has 7 heteroatoms. The van der Waals surface area contributed by atoms with Gasteiger partial charge in [-0.25, -0.2) is 13.6 Å². The second-order valence-corrected chi connectivity index (χ2v) is 7.62. The SMILES string of the molecule is Cc1ccsc1C(=O)N(C)C(C)c1ccc(S(N)(=O)=O)cc1. The van der Waals surface area contributed by atoms with Gasteiger partial charge in [0.25, 0.3) is 5.91 Å². The van der Waals surface area contributed by atoms with Crippen molar-refractivity contribution in [2.45, 2.75) is 24.8 Å². The third-order valence-electron chi connectivity index (χ3n) is 3.65. The second-order valence-electron chi connectivity index (χ2n) is 5.14. The van der Waals surface area contributed by atoms with Gasteiger partial charge in [-0.15, -0.1) is 11.3 Å². The van der Waals surface area contributed by atoms with Crippen LogP contribution in [0.2, 0.25) is 0 Å². The summed E-state index contributed by atoms with van der Waals surface area (Å²) < 4.78 is 22.5. The Morgan fingerprint density at radius 1 is 1.23 bits per heavy atom. The summed E-state index contributed by atoms with van der Waals surface area (Å²) in [4.78, 5) is 14.9. The van der Waals surface area contributed by atoms with Gasteiger partial charge < -0.3 is 4.90 Å². The zero-order chi connectivity index (χ0) is 16.5. The smallest absolute Gasteiger partial charge is 0.264 e. The lowest BCUT2D eigenvalue weighted by atomic mass is 10.1. The first kappa shape index (κ1) is 16.7. The standard InChI is InChI=1S/C15H18N2O3S2/c1-10-8-9-21-14(10)15(18)17(3)11(2)12-4-6-13(7-5-12)22(16,19)20/h4-9,11H,1-3H3,(H2,16,19,20). The quantitative estimate of drug-likeness (QED) is 0.930. The monoisotopic (exact) mass is 338 g/mol. The third kappa shape index (κ3) is 3.37. The molecule has 1 heterocycles. The summed E-state index contributed by atoms with van der Waals surface area (Å²) in [6.07, 6.45) is 0. The maximum Gasteiger partial charge on any atom is 0.264 e. The van der Waals surface area contributed by atoms with E-state index in [2.05, 4.69) is 0 Å². The molecule has 1 aromatic heterocycles. The van der Waals surface area contributed by atoms with Crippen molar-refractivity contribution in [3.63, 3.8) is 0 Å². The van der Waals surface area contributed by atoms with E-state index in [1.807, 2.05) is 25.3 Å². The molecule has 0 fully saturated rings. The fourth-order valence-corrected chi connectivity index (χ4v) is 3.51. The number of nitrogens with two attached hydrogens (primary N) is 1. The fraction of sp³-hybridized carbons (Fsp3) is 0.267. The van der Waals surface area contributed by atoms with E-state index in [1.54, 1.807) is 24.1 Å². The molecule has 1 atom stereocenters. The Kier molecular flexibility index (Phi) is 4.69. The molecule has 0 spiro atoms. The molecule has 0 saturated carbocycles. The number of benzene rings is 1. The first-order valence-corrected chi connectivity index (χ1v) is 9.08. The van der Waals surface area contributed by atoms with Crippen LogP contribution in [0.25, 0.3) is 0 Å². The molecule has 2 aromatic rings. The predicted molar refractivity (Wildman–Crippen MR) is 87.4 cm³/mol. The molecule has 1 unspecified atom stereocenters. The van der Waals surface area contributed by atoms with Crippen molar-refractivity contribution in [1.29, 1.82) is 0 Å². The van der Waals surface area contributed by atoms with Crippen LogP contribution in [0.1, 0.15) is 33.8 Å². The highest BCUT2D eigenvalue weighted by Crippen LogP contribution is 2.25. The zero-order valence-corrected chi connectivity index (χ0v) is 14.2. The van der Waals surface area contributed by atoms with Crippen molar-refractivity contribution in [3.05, 3.63) is 51.7 Å². The van der Waals surface area contributed by atoms with Crippen LogP contribution in [0.3, 0.4) is 0 Å². The van der Waals surface area contributed by atoms with Crippen LogP contribution >= 0.6 is 11.3 Å². The number of carbonyl (C=O) groups is 1. The first-order valence-electron chi connectivity index (χ1n) is 6.66. The van der Waals surface area contributed by atoms with Crippen LogP contribution in [-0.4, -0.2) is 26.3 Å². The molecule has 1 amide bonds. The minimum absolute atomic E-state index is 0.0458. The number of primary sulfonamides is 1. The topological polar surface area (TPSA) is 80.5 Å². The predicted octanol–water partition coefficient (Wildman–Crippen LogP) is 2.54. The lowest BCUT2D eigenvalue weighted by Crippen LogP contribution is -2.29. The van der Waals surface area contributed by atoms with Gasteiger partial charge >= 0.3 is 0 Å². The van der Waals surface area contributed by atoms with E-state index in [0.717, 1.165) is 16.0 Å². The summed E-state index contributed by atoms with van der Waals surface area (Å²) in [7, 11) is -1.97. The Balaban J connectivity index is 2.22. The maximum absolute atomic E-state index is 12.5.